The molecule has 0 aromatic carbocycles. The average Bonchev–Trinajstić information content (AvgIpc) is 1.80. The van der Waals surface area contributed by atoms with E-state index < -0.39 is 5.69 Å². The van der Waals surface area contributed by atoms with E-state index in [1.807, 2.05) is 0 Å². The molecular formula is C5H6KN2O2+. The fraction of sp³-hybridized carbons (Fsp3) is 0.200. The third-order valence-corrected chi connectivity index (χ3v) is 1.00. The Bertz CT molecular complexity index is 314. The van der Waals surface area contributed by atoms with E-state index in [0.717, 1.165) is 0 Å². The van der Waals surface area contributed by atoms with Crippen LogP contribution in [0.3, 0.4) is 0 Å². The number of nitrogens with one attached hydrogen (secondary N) is 2. The Labute approximate surface area is 99.5 Å². The first-order chi connectivity index (χ1) is 4.20. The zero-order valence-corrected chi connectivity index (χ0v) is 9.02. The smallest absolute Gasteiger partial charge is 0.314 e. The number of hydrogen-bond donors (Lipinski definition) is 2. The summed E-state index contributed by atoms with van der Waals surface area (Å²) in [5, 5.41) is 0. The molecule has 2 N–H and O–H groups in total. The molecule has 0 aliphatic heterocycles. The SMILES string of the molecule is Cc1c[nH]c(=O)[nH]c1=O.[K+]. The molecule has 0 amide bonds. The minimum absolute atomic E-state index is 0. The molecule has 1 heterocycles. The number of rotatable bonds is 0. The van der Waals surface area contributed by atoms with Gasteiger partial charge in [-0.05, 0) is 6.92 Å². The van der Waals surface area contributed by atoms with Crippen LogP contribution in [0.4, 0.5) is 0 Å². The summed E-state index contributed by atoms with van der Waals surface area (Å²) in [7, 11) is 0. The van der Waals surface area contributed by atoms with Crippen LogP contribution in [0, 0.1) is 6.92 Å². The van der Waals surface area contributed by atoms with E-state index in [0.29, 0.717) is 5.56 Å². The van der Waals surface area contributed by atoms with E-state index in [2.05, 4.69) is 9.97 Å². The first kappa shape index (κ1) is 10.3. The monoisotopic (exact) mass is 165 g/mol. The van der Waals surface area contributed by atoms with Crippen molar-refractivity contribution in [1.82, 2.24) is 9.97 Å². The van der Waals surface area contributed by atoms with Gasteiger partial charge in [-0.15, -0.1) is 0 Å². The van der Waals surface area contributed by atoms with Crippen LogP contribution in [-0.2, 0) is 0 Å². The van der Waals surface area contributed by atoms with Crippen molar-refractivity contribution in [2.45, 2.75) is 6.92 Å². The van der Waals surface area contributed by atoms with Gasteiger partial charge >= 0.3 is 57.1 Å². The Morgan fingerprint density at radius 1 is 1.40 bits per heavy atom. The number of aromatic nitrogens is 2. The van der Waals surface area contributed by atoms with Crippen molar-refractivity contribution in [1.29, 1.82) is 0 Å². The van der Waals surface area contributed by atoms with Crippen molar-refractivity contribution in [2.24, 2.45) is 0 Å². The number of H-pyrrole nitrogens is 2. The van der Waals surface area contributed by atoms with Crippen LogP contribution in [0.2, 0.25) is 0 Å². The van der Waals surface area contributed by atoms with E-state index in [-0.39, 0.29) is 56.9 Å². The van der Waals surface area contributed by atoms with Crippen molar-refractivity contribution in [3.05, 3.63) is 32.6 Å². The molecule has 5 heteroatoms. The molecule has 0 aliphatic rings. The summed E-state index contributed by atoms with van der Waals surface area (Å²) < 4.78 is 0. The van der Waals surface area contributed by atoms with Crippen LogP contribution >= 0.6 is 0 Å². The van der Waals surface area contributed by atoms with Crippen LogP contribution in [0.5, 0.6) is 0 Å². The van der Waals surface area contributed by atoms with E-state index in [9.17, 15) is 9.59 Å². The summed E-state index contributed by atoms with van der Waals surface area (Å²) in [6.07, 6.45) is 1.38. The van der Waals surface area contributed by atoms with Gasteiger partial charge in [0.2, 0.25) is 0 Å². The second-order valence-corrected chi connectivity index (χ2v) is 1.75. The normalized spacial score (nSPS) is 8.50. The van der Waals surface area contributed by atoms with Gasteiger partial charge in [-0.2, -0.15) is 0 Å². The Morgan fingerprint density at radius 3 is 2.40 bits per heavy atom. The topological polar surface area (TPSA) is 65.7 Å². The van der Waals surface area contributed by atoms with E-state index in [4.69, 9.17) is 0 Å². The molecular weight excluding hydrogens is 159 g/mol. The molecule has 0 unspecified atom stereocenters. The summed E-state index contributed by atoms with van der Waals surface area (Å²) >= 11 is 0. The Kier molecular flexibility index (Phi) is 4.38. The third-order valence-electron chi connectivity index (χ3n) is 1.00. The summed E-state index contributed by atoms with van der Waals surface area (Å²) in [4.78, 5) is 25.3. The molecule has 0 aliphatic carbocycles. The second-order valence-electron chi connectivity index (χ2n) is 1.75. The average molecular weight is 165 g/mol. The standard InChI is InChI=1S/C5H6N2O2.K/c1-3-2-6-5(9)7-4(3)8;/h2H,1H3,(H2,6,7,8,9);/q;+1. The first-order valence-corrected chi connectivity index (χ1v) is 2.49. The van der Waals surface area contributed by atoms with Gasteiger partial charge in [0.25, 0.3) is 5.56 Å². The van der Waals surface area contributed by atoms with E-state index >= 15 is 0 Å². The fourth-order valence-electron chi connectivity index (χ4n) is 0.477. The van der Waals surface area contributed by atoms with Crippen LogP contribution in [0.1, 0.15) is 5.56 Å². The molecule has 48 valence electrons. The fourth-order valence-corrected chi connectivity index (χ4v) is 0.477. The van der Waals surface area contributed by atoms with Crippen LogP contribution in [0.25, 0.3) is 0 Å². The predicted octanol–water partition coefficient (Wildman–Crippen LogP) is -3.62. The van der Waals surface area contributed by atoms with Crippen molar-refractivity contribution in [3.63, 3.8) is 0 Å². The molecule has 0 saturated carbocycles. The molecule has 0 atom stereocenters. The van der Waals surface area contributed by atoms with E-state index in [1.165, 1.54) is 6.20 Å². The van der Waals surface area contributed by atoms with Gasteiger partial charge in [0.15, 0.2) is 0 Å². The van der Waals surface area contributed by atoms with Gasteiger partial charge < -0.3 is 4.98 Å². The molecule has 1 aromatic rings. The minimum atomic E-state index is -0.467. The van der Waals surface area contributed by atoms with Crippen molar-refractivity contribution in [2.75, 3.05) is 0 Å². The number of aryl methyl sites for hydroxylation is 1. The summed E-state index contributed by atoms with van der Waals surface area (Å²) in [5.74, 6) is 0. The zero-order valence-electron chi connectivity index (χ0n) is 5.89. The Hall–Kier alpha value is 0.316. The molecule has 0 fully saturated rings. The maximum Gasteiger partial charge on any atom is 1.00 e. The molecule has 10 heavy (non-hydrogen) atoms. The molecule has 1 rings (SSSR count). The summed E-state index contributed by atoms with van der Waals surface area (Å²) in [6, 6.07) is 0. The van der Waals surface area contributed by atoms with Crippen molar-refractivity contribution in [3.8, 4) is 0 Å². The molecule has 4 nitrogen and oxygen atoms in total. The van der Waals surface area contributed by atoms with Gasteiger partial charge in [0.1, 0.15) is 0 Å². The van der Waals surface area contributed by atoms with Crippen molar-refractivity contribution >= 4 is 0 Å². The number of hydrogen-bond acceptors (Lipinski definition) is 2. The van der Waals surface area contributed by atoms with Gasteiger partial charge in [-0.3, -0.25) is 9.78 Å². The van der Waals surface area contributed by atoms with Gasteiger partial charge in [0.05, 0.1) is 0 Å². The van der Waals surface area contributed by atoms with Crippen LogP contribution in [0.15, 0.2) is 15.8 Å². The van der Waals surface area contributed by atoms with Crippen LogP contribution in [-0.4, -0.2) is 9.97 Å². The third kappa shape index (κ3) is 2.51. The summed E-state index contributed by atoms with van der Waals surface area (Å²) in [6.45, 7) is 1.62. The quantitative estimate of drug-likeness (QED) is 0.390. The molecule has 0 saturated heterocycles. The Balaban J connectivity index is 0.000000810. The number of aromatic amines is 2. The van der Waals surface area contributed by atoms with Crippen molar-refractivity contribution < 1.29 is 51.4 Å². The maximum absolute atomic E-state index is 10.6. The predicted molar refractivity (Wildman–Crippen MR) is 32.4 cm³/mol. The Morgan fingerprint density at radius 2 is 2.00 bits per heavy atom. The molecule has 0 radical (unpaired) electrons. The first-order valence-electron chi connectivity index (χ1n) is 2.49. The largest absolute Gasteiger partial charge is 1.00 e. The zero-order chi connectivity index (χ0) is 6.85. The summed E-state index contributed by atoms with van der Waals surface area (Å²) in [5.41, 5.74) is -0.293. The van der Waals surface area contributed by atoms with Crippen LogP contribution < -0.4 is 62.6 Å². The minimum Gasteiger partial charge on any atom is -0.314 e. The molecule has 0 spiro atoms. The second kappa shape index (κ2) is 4.25. The molecule has 0 bridgehead atoms. The van der Waals surface area contributed by atoms with Gasteiger partial charge in [-0.1, -0.05) is 0 Å². The van der Waals surface area contributed by atoms with Gasteiger partial charge in [0, 0.05) is 11.8 Å². The molecule has 1 aromatic heterocycles. The van der Waals surface area contributed by atoms with Gasteiger partial charge in [-0.25, -0.2) is 4.79 Å². The maximum atomic E-state index is 10.6. The van der Waals surface area contributed by atoms with E-state index in [1.54, 1.807) is 6.92 Å².